The summed E-state index contributed by atoms with van der Waals surface area (Å²) in [5.74, 6) is 1.50. The number of carbonyl (C=O) groups is 1. The lowest BCUT2D eigenvalue weighted by Crippen LogP contribution is -2.41. The molecule has 0 aromatic heterocycles. The summed E-state index contributed by atoms with van der Waals surface area (Å²) < 4.78 is 11.4. The molecular formula is C21H30ClN2O5-. The van der Waals surface area contributed by atoms with Gasteiger partial charge in [0.15, 0.2) is 11.5 Å². The van der Waals surface area contributed by atoms with Gasteiger partial charge in [0.25, 0.3) is 0 Å². The van der Waals surface area contributed by atoms with Crippen molar-refractivity contribution in [1.82, 2.24) is 4.90 Å². The van der Waals surface area contributed by atoms with Crippen molar-refractivity contribution in [3.63, 3.8) is 0 Å². The molecule has 2 fully saturated rings. The highest BCUT2D eigenvalue weighted by atomic mass is 35.5. The first kappa shape index (κ1) is 22.2. The summed E-state index contributed by atoms with van der Waals surface area (Å²) in [5.41, 5.74) is 0.406. The second-order valence-electron chi connectivity index (χ2n) is 8.41. The lowest BCUT2D eigenvalue weighted by molar-refractivity contribution is -0.132. The zero-order valence-electron chi connectivity index (χ0n) is 17.2. The van der Waals surface area contributed by atoms with E-state index in [0.29, 0.717) is 37.1 Å². The molecule has 1 aromatic rings. The van der Waals surface area contributed by atoms with Gasteiger partial charge in [-0.25, -0.2) is 0 Å². The van der Waals surface area contributed by atoms with Crippen LogP contribution in [0.3, 0.4) is 0 Å². The van der Waals surface area contributed by atoms with E-state index in [1.165, 1.54) is 12.8 Å². The number of aliphatic hydroxyl groups excluding tert-OH is 2. The predicted octanol–water partition coefficient (Wildman–Crippen LogP) is 2.69. The zero-order chi connectivity index (χ0) is 21.2. The monoisotopic (exact) mass is 425 g/mol. The van der Waals surface area contributed by atoms with Crippen LogP contribution in [0, 0.1) is 11.3 Å². The van der Waals surface area contributed by atoms with Crippen LogP contribution in [0.1, 0.15) is 38.2 Å². The number of amides is 1. The molecule has 1 saturated carbocycles. The van der Waals surface area contributed by atoms with Gasteiger partial charge in [-0.1, -0.05) is 13.0 Å². The molecule has 29 heavy (non-hydrogen) atoms. The smallest absolute Gasteiger partial charge is 0.208 e. The minimum atomic E-state index is -0.998. The van der Waals surface area contributed by atoms with Crippen molar-refractivity contribution in [3.8, 4) is 11.5 Å². The van der Waals surface area contributed by atoms with Crippen LogP contribution in [0.15, 0.2) is 18.2 Å². The lowest BCUT2D eigenvalue weighted by atomic mass is 9.72. The first-order valence-electron chi connectivity index (χ1n) is 10.0. The molecule has 0 spiro atoms. The first-order chi connectivity index (χ1) is 13.8. The molecule has 1 heterocycles. The molecule has 2 aliphatic rings. The number of benzene rings is 1. The zero-order valence-corrected chi connectivity index (χ0v) is 17.9. The largest absolute Gasteiger partial charge is 0.563 e. The molecule has 4 atom stereocenters. The Kier molecular flexibility index (Phi) is 6.94. The van der Waals surface area contributed by atoms with Gasteiger partial charge in [-0.05, 0) is 49.4 Å². The van der Waals surface area contributed by atoms with Gasteiger partial charge in [-0.2, -0.15) is 0 Å². The highest BCUT2D eigenvalue weighted by molar-refractivity contribution is 6.26. The van der Waals surface area contributed by atoms with E-state index in [1.807, 2.05) is 25.1 Å². The fraction of sp³-hybridized carbons (Fsp3) is 0.667. The maximum Gasteiger partial charge on any atom is 0.208 e. The number of aliphatic hydroxyl groups is 2. The van der Waals surface area contributed by atoms with Crippen LogP contribution in [-0.2, 0) is 4.79 Å². The Morgan fingerprint density at radius 2 is 2.14 bits per heavy atom. The summed E-state index contributed by atoms with van der Waals surface area (Å²) in [7, 11) is 1.61. The van der Waals surface area contributed by atoms with Gasteiger partial charge in [0.05, 0.1) is 19.8 Å². The molecule has 7 nitrogen and oxygen atoms in total. The van der Waals surface area contributed by atoms with E-state index < -0.39 is 24.2 Å². The third-order valence-corrected chi connectivity index (χ3v) is 6.57. The minimum Gasteiger partial charge on any atom is -0.563 e. The van der Waals surface area contributed by atoms with Gasteiger partial charge in [0, 0.05) is 31.0 Å². The first-order valence-corrected chi connectivity index (χ1v) is 10.4. The van der Waals surface area contributed by atoms with Crippen molar-refractivity contribution in [1.29, 1.82) is 0 Å². The molecule has 1 aliphatic heterocycles. The average molecular weight is 426 g/mol. The highest BCUT2D eigenvalue weighted by Crippen LogP contribution is 2.47. The Morgan fingerprint density at radius 1 is 1.41 bits per heavy atom. The molecule has 8 heteroatoms. The number of ether oxygens (including phenoxy) is 2. The van der Waals surface area contributed by atoms with Gasteiger partial charge in [-0.15, -0.1) is 0 Å². The van der Waals surface area contributed by atoms with Gasteiger partial charge in [0.1, 0.15) is 0 Å². The maximum atomic E-state index is 12.7. The van der Waals surface area contributed by atoms with E-state index in [4.69, 9.17) is 21.3 Å². The summed E-state index contributed by atoms with van der Waals surface area (Å²) in [6, 6.07) is 4.78. The summed E-state index contributed by atoms with van der Waals surface area (Å²) >= 11 is 5.49. The molecule has 0 unspecified atom stereocenters. The fourth-order valence-electron chi connectivity index (χ4n) is 3.97. The molecule has 1 saturated heterocycles. The fourth-order valence-corrected chi connectivity index (χ4v) is 4.11. The van der Waals surface area contributed by atoms with Gasteiger partial charge in [0.2, 0.25) is 5.91 Å². The van der Waals surface area contributed by atoms with Crippen molar-refractivity contribution in [3.05, 3.63) is 28.6 Å². The van der Waals surface area contributed by atoms with Gasteiger partial charge >= 0.3 is 0 Å². The quantitative estimate of drug-likeness (QED) is 0.634. The molecule has 162 valence electrons. The number of hydrogen-bond acceptors (Lipinski definition) is 5. The number of nitrogens with zero attached hydrogens (tertiary/aromatic N) is 2. The summed E-state index contributed by atoms with van der Waals surface area (Å²) in [6.45, 7) is 4.68. The lowest BCUT2D eigenvalue weighted by Gasteiger charge is -2.34. The Bertz CT molecular complexity index is 723. The highest BCUT2D eigenvalue weighted by Gasteiger charge is 2.48. The SMILES string of the molecule is COc1ccc([C@@H]2CN(C(=O)[C@@H](CO)[N-]Cl)C[C@@]2(C)[C@@H](C)O)cc1OCC1CC1. The average Bonchev–Trinajstić information content (AvgIpc) is 3.47. The van der Waals surface area contributed by atoms with Crippen LogP contribution >= 0.6 is 11.8 Å². The summed E-state index contributed by atoms with van der Waals surface area (Å²) in [6.07, 6.45) is 1.74. The molecular weight excluding hydrogens is 396 g/mol. The second-order valence-corrected chi connectivity index (χ2v) is 8.61. The van der Waals surface area contributed by atoms with E-state index in [-0.39, 0.29) is 11.8 Å². The predicted molar refractivity (Wildman–Crippen MR) is 110 cm³/mol. The van der Waals surface area contributed by atoms with Crippen molar-refractivity contribution >= 4 is 17.7 Å². The molecule has 0 radical (unpaired) electrons. The number of likely N-dealkylation sites (tertiary alicyclic amines) is 1. The molecule has 0 bridgehead atoms. The van der Waals surface area contributed by atoms with Crippen LogP contribution in [0.25, 0.3) is 4.84 Å². The Balaban J connectivity index is 1.88. The Hall–Kier alpha value is -1.54. The molecule has 1 aliphatic carbocycles. The van der Waals surface area contributed by atoms with Gasteiger partial charge in [-0.3, -0.25) is 16.6 Å². The third-order valence-electron chi connectivity index (χ3n) is 6.33. The minimum absolute atomic E-state index is 0.115. The van der Waals surface area contributed by atoms with Crippen molar-refractivity contribution in [2.75, 3.05) is 33.4 Å². The number of hydrogen-bond donors (Lipinski definition) is 2. The number of rotatable bonds is 9. The summed E-state index contributed by atoms with van der Waals surface area (Å²) in [5, 5.41) is 19.9. The maximum absolute atomic E-state index is 12.7. The number of methoxy groups -OCH3 is 1. The van der Waals surface area contributed by atoms with Crippen LogP contribution in [0.5, 0.6) is 11.5 Å². The summed E-state index contributed by atoms with van der Waals surface area (Å²) in [4.78, 5) is 17.8. The molecule has 1 amide bonds. The van der Waals surface area contributed by atoms with Crippen LogP contribution in [0.4, 0.5) is 0 Å². The topological polar surface area (TPSA) is 93.3 Å². The Labute approximate surface area is 177 Å². The van der Waals surface area contributed by atoms with E-state index in [2.05, 4.69) is 4.84 Å². The Morgan fingerprint density at radius 3 is 2.69 bits per heavy atom. The second kappa shape index (κ2) is 9.08. The molecule has 2 N–H and O–H groups in total. The standard InChI is InChI=1S/C21H30ClN2O5/c1-13(26)21(2)12-24(20(27)17(10-25)23-22)9-16(21)15-6-7-18(28-3)19(8-15)29-11-14-4-5-14/h6-8,13-14,16-17,25-26H,4-5,9-12H2,1-3H3/q-1/t13-,16+,17-,21+/m1/s1. The van der Waals surface area contributed by atoms with Gasteiger partial charge < -0.3 is 29.4 Å². The number of halogens is 1. The number of carbonyl (C=O) groups excluding carboxylic acids is 1. The van der Waals surface area contributed by atoms with Crippen molar-refractivity contribution in [2.45, 2.75) is 44.8 Å². The molecule has 3 rings (SSSR count). The van der Waals surface area contributed by atoms with Crippen LogP contribution in [-0.4, -0.2) is 66.6 Å². The van der Waals surface area contributed by atoms with Crippen LogP contribution < -0.4 is 9.47 Å². The normalized spacial score (nSPS) is 26.3. The van der Waals surface area contributed by atoms with E-state index in [9.17, 15) is 15.0 Å². The van der Waals surface area contributed by atoms with Crippen molar-refractivity contribution < 1.29 is 24.5 Å². The molecule has 1 aromatic carbocycles. The van der Waals surface area contributed by atoms with E-state index >= 15 is 0 Å². The third kappa shape index (κ3) is 4.63. The van der Waals surface area contributed by atoms with Crippen LogP contribution in [0.2, 0.25) is 0 Å². The van der Waals surface area contributed by atoms with Crippen molar-refractivity contribution in [2.24, 2.45) is 11.3 Å². The van der Waals surface area contributed by atoms with E-state index in [1.54, 1.807) is 18.9 Å². The van der Waals surface area contributed by atoms with E-state index in [0.717, 1.165) is 5.56 Å².